The van der Waals surface area contributed by atoms with Gasteiger partial charge in [-0.3, -0.25) is 0 Å². The van der Waals surface area contributed by atoms with Crippen molar-refractivity contribution in [3.63, 3.8) is 0 Å². The van der Waals surface area contributed by atoms with Crippen molar-refractivity contribution in [3.05, 3.63) is 45.3 Å². The minimum Gasteiger partial charge on any atom is -0.239 e. The molecule has 0 N–H and O–H groups in total. The van der Waals surface area contributed by atoms with Crippen LogP contribution in [-0.2, 0) is 5.88 Å². The number of alkyl halides is 1. The van der Waals surface area contributed by atoms with Gasteiger partial charge in [-0.15, -0.1) is 11.6 Å². The molecule has 2 rings (SSSR count). The van der Waals surface area contributed by atoms with Crippen molar-refractivity contribution in [1.82, 2.24) is 9.78 Å². The Labute approximate surface area is 112 Å². The fourth-order valence-corrected chi connectivity index (χ4v) is 1.94. The highest BCUT2D eigenvalue weighted by molar-refractivity contribution is 14.1. The molecule has 0 saturated heterocycles. The van der Waals surface area contributed by atoms with Crippen molar-refractivity contribution in [2.45, 2.75) is 5.88 Å². The Bertz CT molecular complexity index is 557. The Kier molecular flexibility index (Phi) is 3.46. The molecule has 0 aliphatic carbocycles. The van der Waals surface area contributed by atoms with Crippen LogP contribution in [0.15, 0.2) is 30.6 Å². The highest BCUT2D eigenvalue weighted by Gasteiger charge is 2.06. The zero-order valence-corrected chi connectivity index (χ0v) is 11.1. The third-order valence-corrected chi connectivity index (χ3v) is 3.00. The lowest BCUT2D eigenvalue weighted by Crippen LogP contribution is -1.98. The average Bonchev–Trinajstić information content (AvgIpc) is 2.74. The first-order chi connectivity index (χ1) is 7.74. The second-order valence-corrected chi connectivity index (χ2v) is 4.71. The summed E-state index contributed by atoms with van der Waals surface area (Å²) in [5.74, 6) is 0.408. The number of rotatable bonds is 2. The monoisotopic (exact) mass is 343 g/mol. The van der Waals surface area contributed by atoms with E-state index in [0.29, 0.717) is 11.4 Å². The van der Waals surface area contributed by atoms with E-state index >= 15 is 0 Å². The molecule has 0 saturated carbocycles. The van der Waals surface area contributed by atoms with E-state index in [2.05, 4.69) is 33.8 Å². The van der Waals surface area contributed by atoms with Crippen LogP contribution < -0.4 is 0 Å². The predicted octanol–water partition coefficient (Wildman–Crippen LogP) is 3.09. The maximum Gasteiger partial charge on any atom is 0.101 e. The molecule has 5 heteroatoms. The van der Waals surface area contributed by atoms with E-state index in [4.69, 9.17) is 16.9 Å². The van der Waals surface area contributed by atoms with Gasteiger partial charge >= 0.3 is 0 Å². The molecule has 0 bridgehead atoms. The summed E-state index contributed by atoms with van der Waals surface area (Å²) in [5, 5.41) is 13.2. The van der Waals surface area contributed by atoms with Crippen LogP contribution in [0.5, 0.6) is 0 Å². The van der Waals surface area contributed by atoms with Crippen molar-refractivity contribution in [1.29, 1.82) is 5.26 Å². The summed E-state index contributed by atoms with van der Waals surface area (Å²) in [6.07, 6.45) is 3.62. The molecule has 0 fully saturated rings. The zero-order valence-electron chi connectivity index (χ0n) is 8.19. The van der Waals surface area contributed by atoms with Gasteiger partial charge in [0.15, 0.2) is 0 Å². The van der Waals surface area contributed by atoms with Gasteiger partial charge in [-0.2, -0.15) is 10.4 Å². The molecule has 1 aromatic carbocycles. The number of halogens is 2. The third kappa shape index (κ3) is 2.20. The smallest absolute Gasteiger partial charge is 0.101 e. The molecule has 16 heavy (non-hydrogen) atoms. The Morgan fingerprint density at radius 1 is 1.50 bits per heavy atom. The van der Waals surface area contributed by atoms with E-state index in [1.807, 2.05) is 18.3 Å². The minimum absolute atomic E-state index is 0.408. The summed E-state index contributed by atoms with van der Waals surface area (Å²) in [5.41, 5.74) is 2.29. The molecule has 1 aromatic heterocycles. The number of hydrogen-bond acceptors (Lipinski definition) is 2. The molecular weight excluding hydrogens is 336 g/mol. The molecule has 0 aliphatic rings. The van der Waals surface area contributed by atoms with Crippen molar-refractivity contribution in [2.75, 3.05) is 0 Å². The first-order valence-electron chi connectivity index (χ1n) is 4.54. The molecule has 0 spiro atoms. The molecular formula is C11H7ClIN3. The van der Waals surface area contributed by atoms with Crippen LogP contribution in [0.25, 0.3) is 5.69 Å². The predicted molar refractivity (Wildman–Crippen MR) is 70.6 cm³/mol. The second kappa shape index (κ2) is 4.85. The largest absolute Gasteiger partial charge is 0.239 e. The molecule has 1 heterocycles. The fraction of sp³-hybridized carbons (Fsp3) is 0.0909. The van der Waals surface area contributed by atoms with E-state index < -0.39 is 0 Å². The Hall–Kier alpha value is -1.06. The second-order valence-electron chi connectivity index (χ2n) is 3.20. The van der Waals surface area contributed by atoms with E-state index in [-0.39, 0.29) is 0 Å². The number of benzene rings is 1. The molecule has 0 unspecified atom stereocenters. The molecule has 0 atom stereocenters. The van der Waals surface area contributed by atoms with Gasteiger partial charge in [0.2, 0.25) is 0 Å². The van der Waals surface area contributed by atoms with Gasteiger partial charge < -0.3 is 0 Å². The standard InChI is InChI=1S/C11H7ClIN3/c12-4-8-1-2-11(9(3-8)5-14)16-7-10(13)6-15-16/h1-3,6-7H,4H2. The SMILES string of the molecule is N#Cc1cc(CCl)ccc1-n1cc(I)cn1. The first-order valence-corrected chi connectivity index (χ1v) is 6.15. The van der Waals surface area contributed by atoms with Gasteiger partial charge in [0.05, 0.1) is 21.0 Å². The Balaban J connectivity index is 2.53. The van der Waals surface area contributed by atoms with E-state index in [1.165, 1.54) is 0 Å². The summed E-state index contributed by atoms with van der Waals surface area (Å²) in [7, 11) is 0. The lowest BCUT2D eigenvalue weighted by molar-refractivity contribution is 0.876. The van der Waals surface area contributed by atoms with Gasteiger partial charge in [-0.05, 0) is 40.3 Å². The summed E-state index contributed by atoms with van der Waals surface area (Å²) < 4.78 is 2.72. The van der Waals surface area contributed by atoms with Gasteiger partial charge in [-0.1, -0.05) is 6.07 Å². The Morgan fingerprint density at radius 3 is 2.88 bits per heavy atom. The highest BCUT2D eigenvalue weighted by atomic mass is 127. The summed E-state index contributed by atoms with van der Waals surface area (Å²) >= 11 is 7.90. The normalized spacial score (nSPS) is 10.1. The van der Waals surface area contributed by atoms with Gasteiger partial charge in [0, 0.05) is 12.1 Å². The summed E-state index contributed by atoms with van der Waals surface area (Å²) in [6.45, 7) is 0. The van der Waals surface area contributed by atoms with Crippen LogP contribution in [0.3, 0.4) is 0 Å². The Morgan fingerprint density at radius 2 is 2.31 bits per heavy atom. The van der Waals surface area contributed by atoms with Crippen molar-refractivity contribution in [2.24, 2.45) is 0 Å². The summed E-state index contributed by atoms with van der Waals surface area (Å²) in [4.78, 5) is 0. The van der Waals surface area contributed by atoms with Gasteiger partial charge in [-0.25, -0.2) is 4.68 Å². The van der Waals surface area contributed by atoms with Crippen molar-refractivity contribution in [3.8, 4) is 11.8 Å². The van der Waals surface area contributed by atoms with Gasteiger partial charge in [0.1, 0.15) is 6.07 Å². The van der Waals surface area contributed by atoms with E-state index in [0.717, 1.165) is 14.8 Å². The van der Waals surface area contributed by atoms with Crippen LogP contribution in [0.2, 0.25) is 0 Å². The average molecular weight is 344 g/mol. The van der Waals surface area contributed by atoms with Crippen LogP contribution >= 0.6 is 34.2 Å². The van der Waals surface area contributed by atoms with Crippen LogP contribution in [0.1, 0.15) is 11.1 Å². The minimum atomic E-state index is 0.408. The van der Waals surface area contributed by atoms with Gasteiger partial charge in [0.25, 0.3) is 0 Å². The van der Waals surface area contributed by atoms with E-state index in [9.17, 15) is 0 Å². The zero-order chi connectivity index (χ0) is 11.5. The number of nitriles is 1. The molecule has 3 nitrogen and oxygen atoms in total. The molecule has 0 radical (unpaired) electrons. The molecule has 2 aromatic rings. The maximum atomic E-state index is 9.07. The van der Waals surface area contributed by atoms with Crippen molar-refractivity contribution < 1.29 is 0 Å². The maximum absolute atomic E-state index is 9.07. The third-order valence-electron chi connectivity index (χ3n) is 2.13. The first kappa shape index (κ1) is 11.4. The lowest BCUT2D eigenvalue weighted by atomic mass is 10.1. The quantitative estimate of drug-likeness (QED) is 0.621. The van der Waals surface area contributed by atoms with Crippen molar-refractivity contribution >= 4 is 34.2 Å². The molecule has 80 valence electrons. The van der Waals surface area contributed by atoms with Crippen LogP contribution in [0, 0.1) is 14.9 Å². The van der Waals surface area contributed by atoms with Crippen LogP contribution in [-0.4, -0.2) is 9.78 Å². The number of aromatic nitrogens is 2. The fourth-order valence-electron chi connectivity index (χ4n) is 1.39. The molecule has 0 aliphatic heterocycles. The van der Waals surface area contributed by atoms with Crippen LogP contribution in [0.4, 0.5) is 0 Å². The number of hydrogen-bond donors (Lipinski definition) is 0. The molecule has 0 amide bonds. The summed E-state index contributed by atoms with van der Waals surface area (Å²) in [6, 6.07) is 7.71. The number of nitrogens with zero attached hydrogens (tertiary/aromatic N) is 3. The van der Waals surface area contributed by atoms with E-state index in [1.54, 1.807) is 16.9 Å². The lowest BCUT2D eigenvalue weighted by Gasteiger charge is -2.05. The highest BCUT2D eigenvalue weighted by Crippen LogP contribution is 2.17. The topological polar surface area (TPSA) is 41.6 Å².